The van der Waals surface area contributed by atoms with E-state index in [1.54, 1.807) is 34.9 Å². The number of rotatable bonds is 28. The van der Waals surface area contributed by atoms with Gasteiger partial charge in [-0.15, -0.1) is 6.42 Å². The fourth-order valence-electron chi connectivity index (χ4n) is 6.32. The number of imidazole rings is 1. The van der Waals surface area contributed by atoms with Crippen LogP contribution >= 0.6 is 7.75 Å². The van der Waals surface area contributed by atoms with Gasteiger partial charge in [-0.2, -0.15) is 19.4 Å². The molecule has 0 fully saturated rings. The van der Waals surface area contributed by atoms with Crippen molar-refractivity contribution in [3.05, 3.63) is 78.6 Å². The van der Waals surface area contributed by atoms with Crippen molar-refractivity contribution in [2.24, 2.45) is 0 Å². The summed E-state index contributed by atoms with van der Waals surface area (Å²) in [6, 6.07) is 16.7. The Morgan fingerprint density at radius 3 is 2.16 bits per heavy atom. The third-order valence-electron chi connectivity index (χ3n) is 9.68. The van der Waals surface area contributed by atoms with Crippen LogP contribution in [0.15, 0.2) is 67.0 Å². The summed E-state index contributed by atoms with van der Waals surface area (Å²) in [5.41, 5.74) is 5.62. The number of carbonyl (C=O) groups is 1. The topological polar surface area (TPSA) is 153 Å². The van der Waals surface area contributed by atoms with E-state index in [4.69, 9.17) is 30.7 Å². The Labute approximate surface area is 331 Å². The van der Waals surface area contributed by atoms with Gasteiger partial charge in [-0.3, -0.25) is 9.32 Å². The molecule has 0 aliphatic heterocycles. The molecule has 4 rings (SSSR count). The molecule has 0 saturated heterocycles. The molecule has 2 heterocycles. The van der Waals surface area contributed by atoms with Gasteiger partial charge in [0.2, 0.25) is 0 Å². The number of aromatic nitrogens is 4. The van der Waals surface area contributed by atoms with E-state index in [0.717, 1.165) is 24.8 Å². The summed E-state index contributed by atoms with van der Waals surface area (Å²) in [5, 5.41) is 2.88. The summed E-state index contributed by atoms with van der Waals surface area (Å²) in [4.78, 5) is 25.2. The minimum atomic E-state index is -4.35. The molecule has 0 aliphatic rings. The smallest absolute Gasteiger partial charge is 0.459 e. The minimum absolute atomic E-state index is 0.0949. The quantitative estimate of drug-likeness (QED) is 0.0186. The van der Waals surface area contributed by atoms with Crippen molar-refractivity contribution in [3.8, 4) is 18.1 Å². The van der Waals surface area contributed by atoms with Crippen LogP contribution in [-0.4, -0.2) is 57.5 Å². The zero-order chi connectivity index (χ0) is 40.1. The van der Waals surface area contributed by atoms with Crippen LogP contribution in [0.3, 0.4) is 0 Å². The van der Waals surface area contributed by atoms with Crippen LogP contribution in [0.5, 0.6) is 5.75 Å². The van der Waals surface area contributed by atoms with Crippen LogP contribution in [0.2, 0.25) is 0 Å². The highest BCUT2D eigenvalue weighted by molar-refractivity contribution is 7.52. The van der Waals surface area contributed by atoms with Crippen LogP contribution in [0.25, 0.3) is 11.2 Å². The molecule has 2 aromatic heterocycles. The van der Waals surface area contributed by atoms with E-state index in [0.29, 0.717) is 0 Å². The van der Waals surface area contributed by atoms with Gasteiger partial charge in [0.25, 0.3) is 0 Å². The highest BCUT2D eigenvalue weighted by atomic mass is 31.2. The molecule has 12 nitrogen and oxygen atoms in total. The maximum atomic E-state index is 14.7. The van der Waals surface area contributed by atoms with Gasteiger partial charge in [-0.1, -0.05) is 138 Å². The zero-order valence-electron chi connectivity index (χ0n) is 32.9. The number of nitrogens with zero attached hydrogens (tertiary/aromatic N) is 4. The number of hydrogen-bond donors (Lipinski definition) is 2. The Morgan fingerprint density at radius 2 is 1.55 bits per heavy atom. The second-order valence-electron chi connectivity index (χ2n) is 14.0. The van der Waals surface area contributed by atoms with Gasteiger partial charge in [-0.05, 0) is 30.5 Å². The van der Waals surface area contributed by atoms with Gasteiger partial charge in [0.15, 0.2) is 17.1 Å². The number of fused-ring (bicyclic) bond motifs is 1. The SMILES string of the molecule is C#C[C@](CCn1cnc2c(N)nc(F)nc21)(COP(=O)(N[C@@H](Cc1ccccc1)C(=O)OCCCCCCCCCCCCCCC)Oc1ccccc1)OC. The normalized spacial score (nSPS) is 14.1. The fraction of sp³-hybridized carbons (Fsp3) is 0.524. The molecule has 3 atom stereocenters. The maximum Gasteiger partial charge on any atom is 0.459 e. The molecule has 14 heteroatoms. The predicted octanol–water partition coefficient (Wildman–Crippen LogP) is 9.00. The zero-order valence-corrected chi connectivity index (χ0v) is 33.8. The Morgan fingerprint density at radius 1 is 0.946 bits per heavy atom. The Balaban J connectivity index is 1.38. The van der Waals surface area contributed by atoms with Crippen molar-refractivity contribution >= 4 is 30.7 Å². The van der Waals surface area contributed by atoms with E-state index in [-0.39, 0.29) is 48.7 Å². The minimum Gasteiger partial charge on any atom is -0.465 e. The molecule has 3 N–H and O–H groups in total. The number of ether oxygens (including phenoxy) is 2. The molecule has 1 unspecified atom stereocenters. The molecule has 304 valence electrons. The number of nitrogens with one attached hydrogen (secondary N) is 1. The summed E-state index contributed by atoms with van der Waals surface area (Å²) < 4.78 is 53.7. The van der Waals surface area contributed by atoms with Crippen molar-refractivity contribution in [1.29, 1.82) is 0 Å². The molecule has 0 spiro atoms. The van der Waals surface area contributed by atoms with E-state index in [1.807, 2.05) is 30.3 Å². The molecule has 0 saturated carbocycles. The second-order valence-corrected chi connectivity index (χ2v) is 15.7. The van der Waals surface area contributed by atoms with Crippen LogP contribution in [0.4, 0.5) is 10.2 Å². The molecule has 2 aromatic carbocycles. The number of carbonyl (C=O) groups excluding carboxylic acids is 1. The van der Waals surface area contributed by atoms with E-state index in [2.05, 4.69) is 32.9 Å². The average Bonchev–Trinajstić information content (AvgIpc) is 3.62. The van der Waals surface area contributed by atoms with Crippen LogP contribution in [0, 0.1) is 18.4 Å². The van der Waals surface area contributed by atoms with E-state index >= 15 is 0 Å². The number of aryl methyl sites for hydroxylation is 1. The largest absolute Gasteiger partial charge is 0.465 e. The highest BCUT2D eigenvalue weighted by Gasteiger charge is 2.39. The van der Waals surface area contributed by atoms with Crippen LogP contribution in [-0.2, 0) is 36.3 Å². The monoisotopic (exact) mass is 792 g/mol. The second kappa shape index (κ2) is 23.7. The predicted molar refractivity (Wildman–Crippen MR) is 217 cm³/mol. The lowest BCUT2D eigenvalue weighted by Crippen LogP contribution is -2.41. The number of terminal acetylenes is 1. The first kappa shape index (κ1) is 44.4. The van der Waals surface area contributed by atoms with Gasteiger partial charge in [0.1, 0.15) is 17.3 Å². The van der Waals surface area contributed by atoms with Gasteiger partial charge in [0.05, 0.1) is 19.5 Å². The molecule has 4 aromatic rings. The molecule has 0 radical (unpaired) electrons. The standard InChI is InChI=1S/C42H58FN6O6P/c1-4-6-7-8-9-10-11-12-13-14-15-16-23-30-53-40(50)36(31-34-24-19-17-20-25-34)48-56(51,55-35-26-21-18-22-27-35)54-32-42(5-2,52-3)28-29-49-33-45-37-38(44)46-41(43)47-39(37)49/h2,17-22,24-27,33,36H,4,6-16,23,28-32H2,1,3H3,(H,48,51)(H2,44,46,47)/t36-,42-,56?/m0/s1. The Kier molecular flexibility index (Phi) is 18.8. The summed E-state index contributed by atoms with van der Waals surface area (Å²) >= 11 is 0. The van der Waals surface area contributed by atoms with E-state index < -0.39 is 38.0 Å². The van der Waals surface area contributed by atoms with Crippen molar-refractivity contribution < 1.29 is 32.3 Å². The lowest BCUT2D eigenvalue weighted by Gasteiger charge is -2.30. The lowest BCUT2D eigenvalue weighted by atomic mass is 10.0. The first-order chi connectivity index (χ1) is 27.2. The number of halogens is 1. The van der Waals surface area contributed by atoms with Gasteiger partial charge in [-0.25, -0.2) is 9.55 Å². The van der Waals surface area contributed by atoms with Crippen LogP contribution < -0.4 is 15.3 Å². The average molecular weight is 793 g/mol. The van der Waals surface area contributed by atoms with Crippen molar-refractivity contribution in [2.45, 2.75) is 121 Å². The molecular weight excluding hydrogens is 734 g/mol. The molecule has 0 amide bonds. The van der Waals surface area contributed by atoms with Crippen molar-refractivity contribution in [1.82, 2.24) is 24.6 Å². The maximum absolute atomic E-state index is 14.7. The molecule has 0 bridgehead atoms. The fourth-order valence-corrected chi connectivity index (χ4v) is 7.86. The third kappa shape index (κ3) is 14.6. The highest BCUT2D eigenvalue weighted by Crippen LogP contribution is 2.46. The van der Waals surface area contributed by atoms with Gasteiger partial charge >= 0.3 is 19.8 Å². The van der Waals surface area contributed by atoms with E-state index in [9.17, 15) is 13.8 Å². The number of hydrogen-bond acceptors (Lipinski definition) is 10. The van der Waals surface area contributed by atoms with Crippen LogP contribution in [0.1, 0.15) is 102 Å². The lowest BCUT2D eigenvalue weighted by molar-refractivity contribution is -0.146. The number of unbranched alkanes of at least 4 members (excludes halogenated alkanes) is 12. The molecular formula is C42H58FN6O6P. The third-order valence-corrected chi connectivity index (χ3v) is 11.2. The molecule has 0 aliphatic carbocycles. The first-order valence-corrected chi connectivity index (χ1v) is 21.4. The first-order valence-electron chi connectivity index (χ1n) is 19.8. The van der Waals surface area contributed by atoms with Crippen molar-refractivity contribution in [2.75, 3.05) is 26.1 Å². The van der Waals surface area contributed by atoms with Crippen molar-refractivity contribution in [3.63, 3.8) is 0 Å². The Bertz CT molecular complexity index is 1840. The number of methoxy groups -OCH3 is 1. The van der Waals surface area contributed by atoms with Gasteiger partial charge < -0.3 is 24.3 Å². The number of anilines is 1. The number of para-hydroxylation sites is 1. The number of esters is 1. The molecule has 56 heavy (non-hydrogen) atoms. The number of benzene rings is 2. The Hall–Kier alpha value is -4.34. The summed E-state index contributed by atoms with van der Waals surface area (Å²) in [5.74, 6) is 2.18. The summed E-state index contributed by atoms with van der Waals surface area (Å²) in [6.07, 6.45) is 22.4. The summed E-state index contributed by atoms with van der Waals surface area (Å²) in [6.45, 7) is 2.24. The van der Waals surface area contributed by atoms with E-state index in [1.165, 1.54) is 77.6 Å². The van der Waals surface area contributed by atoms with Gasteiger partial charge in [0, 0.05) is 20.1 Å². The number of nitrogens with two attached hydrogens (primary N) is 1. The summed E-state index contributed by atoms with van der Waals surface area (Å²) in [7, 11) is -2.95. The number of nitrogen functional groups attached to an aromatic ring is 1.